The Hall–Kier alpha value is -2.26. The smallest absolute Gasteiger partial charge is 0.302 e. The molecule has 0 amide bonds. The van der Waals surface area contributed by atoms with E-state index in [1.807, 2.05) is 60.8 Å². The van der Waals surface area contributed by atoms with Crippen LogP contribution in [0.1, 0.15) is 17.2 Å². The highest BCUT2D eigenvalue weighted by Crippen LogP contribution is 2.26. The highest BCUT2D eigenvalue weighted by Gasteiger charge is 2.18. The monoisotopic (exact) mass is 298 g/mol. The van der Waals surface area contributed by atoms with E-state index in [9.17, 15) is 4.79 Å². The van der Waals surface area contributed by atoms with Crippen LogP contribution in [0.4, 0.5) is 0 Å². The third-order valence-electron chi connectivity index (χ3n) is 3.55. The average Bonchev–Trinajstić information content (AvgIpc) is 2.83. The van der Waals surface area contributed by atoms with Gasteiger partial charge in [0.05, 0.1) is 6.04 Å². The number of halogens is 1. The molecule has 1 heterocycles. The van der Waals surface area contributed by atoms with Crippen molar-refractivity contribution in [1.29, 1.82) is 0 Å². The van der Waals surface area contributed by atoms with E-state index in [0.29, 0.717) is 5.02 Å². The fourth-order valence-corrected chi connectivity index (χ4v) is 2.60. The van der Waals surface area contributed by atoms with Crippen molar-refractivity contribution in [3.05, 3.63) is 93.6 Å². The summed E-state index contributed by atoms with van der Waals surface area (Å²) < 4.78 is 3.31. The number of imidazole rings is 1. The molecule has 0 fully saturated rings. The molecule has 0 N–H and O–H groups in total. The Labute approximate surface area is 128 Å². The van der Waals surface area contributed by atoms with E-state index >= 15 is 0 Å². The van der Waals surface area contributed by atoms with Crippen molar-refractivity contribution < 1.29 is 0 Å². The molecule has 1 unspecified atom stereocenters. The minimum absolute atomic E-state index is 0.0428. The van der Waals surface area contributed by atoms with Gasteiger partial charge in [0, 0.05) is 24.5 Å². The number of rotatable bonds is 3. The number of benzene rings is 2. The molecule has 1 atom stereocenters. The predicted molar refractivity (Wildman–Crippen MR) is 84.8 cm³/mol. The summed E-state index contributed by atoms with van der Waals surface area (Å²) in [5.41, 5.74) is 2.05. The maximum Gasteiger partial charge on any atom is 0.328 e. The standard InChI is InChI=1S/C17H15ClN2O/c1-19-11-12-20(17(19)21)16(13-5-3-2-4-6-13)14-7-9-15(18)10-8-14/h2-12,16H,1H3. The lowest BCUT2D eigenvalue weighted by molar-refractivity contribution is 0.632. The van der Waals surface area contributed by atoms with Gasteiger partial charge in [-0.15, -0.1) is 0 Å². The van der Waals surface area contributed by atoms with Gasteiger partial charge in [-0.3, -0.25) is 4.57 Å². The van der Waals surface area contributed by atoms with Crippen molar-refractivity contribution in [2.45, 2.75) is 6.04 Å². The molecule has 2 aromatic carbocycles. The molecule has 3 nitrogen and oxygen atoms in total. The Morgan fingerprint density at radius 3 is 2.10 bits per heavy atom. The lowest BCUT2D eigenvalue weighted by atomic mass is 9.98. The number of hydrogen-bond acceptors (Lipinski definition) is 1. The second-order valence-corrected chi connectivity index (χ2v) is 5.40. The van der Waals surface area contributed by atoms with Gasteiger partial charge in [0.15, 0.2) is 0 Å². The second-order valence-electron chi connectivity index (χ2n) is 4.96. The van der Waals surface area contributed by atoms with Gasteiger partial charge in [-0.1, -0.05) is 54.1 Å². The summed E-state index contributed by atoms with van der Waals surface area (Å²) in [5.74, 6) is 0. The largest absolute Gasteiger partial charge is 0.328 e. The van der Waals surface area contributed by atoms with Crippen molar-refractivity contribution in [3.63, 3.8) is 0 Å². The summed E-state index contributed by atoms with van der Waals surface area (Å²) in [5, 5.41) is 0.686. The highest BCUT2D eigenvalue weighted by molar-refractivity contribution is 6.30. The first-order valence-electron chi connectivity index (χ1n) is 6.70. The van der Waals surface area contributed by atoms with Crippen LogP contribution in [0.25, 0.3) is 0 Å². The van der Waals surface area contributed by atoms with Gasteiger partial charge in [-0.25, -0.2) is 4.79 Å². The van der Waals surface area contributed by atoms with E-state index in [4.69, 9.17) is 11.6 Å². The molecule has 0 bridgehead atoms. The molecule has 0 aliphatic carbocycles. The van der Waals surface area contributed by atoms with Crippen molar-refractivity contribution in [2.75, 3.05) is 0 Å². The molecule has 0 radical (unpaired) electrons. The van der Waals surface area contributed by atoms with Crippen LogP contribution in [-0.2, 0) is 7.05 Å². The van der Waals surface area contributed by atoms with E-state index in [0.717, 1.165) is 11.1 Å². The van der Waals surface area contributed by atoms with Gasteiger partial charge in [0.25, 0.3) is 0 Å². The molecule has 3 aromatic rings. The summed E-state index contributed by atoms with van der Waals surface area (Å²) in [6.45, 7) is 0. The molecular formula is C17H15ClN2O. The van der Waals surface area contributed by atoms with Crippen molar-refractivity contribution in [3.8, 4) is 0 Å². The molecule has 4 heteroatoms. The van der Waals surface area contributed by atoms with Crippen LogP contribution in [0, 0.1) is 0 Å². The SMILES string of the molecule is Cn1ccn(C(c2ccccc2)c2ccc(Cl)cc2)c1=O. The van der Waals surface area contributed by atoms with Crippen LogP contribution in [-0.4, -0.2) is 9.13 Å². The Bertz CT molecular complexity index is 788. The normalized spacial score (nSPS) is 12.3. The second kappa shape index (κ2) is 5.62. The topological polar surface area (TPSA) is 26.9 Å². The average molecular weight is 299 g/mol. The van der Waals surface area contributed by atoms with Crippen molar-refractivity contribution >= 4 is 11.6 Å². The molecule has 0 spiro atoms. The fourth-order valence-electron chi connectivity index (χ4n) is 2.47. The van der Waals surface area contributed by atoms with Gasteiger partial charge >= 0.3 is 5.69 Å². The first kappa shape index (κ1) is 13.7. The van der Waals surface area contributed by atoms with Gasteiger partial charge in [-0.2, -0.15) is 0 Å². The maximum absolute atomic E-state index is 12.3. The van der Waals surface area contributed by atoms with Crippen LogP contribution in [0.2, 0.25) is 5.02 Å². The Morgan fingerprint density at radius 1 is 0.905 bits per heavy atom. The lowest BCUT2D eigenvalue weighted by Gasteiger charge is -2.19. The summed E-state index contributed by atoms with van der Waals surface area (Å²) >= 11 is 5.97. The van der Waals surface area contributed by atoms with Crippen LogP contribution < -0.4 is 5.69 Å². The molecule has 106 valence electrons. The third-order valence-corrected chi connectivity index (χ3v) is 3.80. The van der Waals surface area contributed by atoms with Gasteiger partial charge < -0.3 is 4.57 Å². The molecule has 21 heavy (non-hydrogen) atoms. The van der Waals surface area contributed by atoms with E-state index < -0.39 is 0 Å². The van der Waals surface area contributed by atoms with Crippen LogP contribution in [0.3, 0.4) is 0 Å². The molecule has 1 aromatic heterocycles. The van der Waals surface area contributed by atoms with Gasteiger partial charge in [0.2, 0.25) is 0 Å². The van der Waals surface area contributed by atoms with E-state index in [-0.39, 0.29) is 11.7 Å². The fraction of sp³-hybridized carbons (Fsp3) is 0.118. The lowest BCUT2D eigenvalue weighted by Crippen LogP contribution is -2.27. The predicted octanol–water partition coefficient (Wildman–Crippen LogP) is 3.48. The summed E-state index contributed by atoms with van der Waals surface area (Å²) in [7, 11) is 1.75. The zero-order valence-corrected chi connectivity index (χ0v) is 12.4. The third kappa shape index (κ3) is 2.65. The van der Waals surface area contributed by atoms with E-state index in [1.54, 1.807) is 22.4 Å². The quantitative estimate of drug-likeness (QED) is 0.727. The van der Waals surface area contributed by atoms with Crippen LogP contribution >= 0.6 is 11.6 Å². The van der Waals surface area contributed by atoms with Crippen molar-refractivity contribution in [1.82, 2.24) is 9.13 Å². The number of aromatic nitrogens is 2. The molecule has 0 saturated heterocycles. The van der Waals surface area contributed by atoms with Crippen LogP contribution in [0.5, 0.6) is 0 Å². The Balaban J connectivity index is 2.18. The number of hydrogen-bond donors (Lipinski definition) is 0. The molecule has 0 aliphatic heterocycles. The summed E-state index contributed by atoms with van der Waals surface area (Å²) in [6.07, 6.45) is 3.59. The first-order chi connectivity index (χ1) is 10.2. The first-order valence-corrected chi connectivity index (χ1v) is 7.08. The molecule has 0 aliphatic rings. The minimum atomic E-state index is -0.155. The zero-order chi connectivity index (χ0) is 14.8. The van der Waals surface area contributed by atoms with Gasteiger partial charge in [-0.05, 0) is 23.3 Å². The highest BCUT2D eigenvalue weighted by atomic mass is 35.5. The summed E-state index contributed by atoms with van der Waals surface area (Å²) in [4.78, 5) is 12.3. The van der Waals surface area contributed by atoms with Crippen molar-refractivity contribution in [2.24, 2.45) is 7.05 Å². The number of aryl methyl sites for hydroxylation is 1. The summed E-state index contributed by atoms with van der Waals surface area (Å²) in [6, 6.07) is 17.4. The minimum Gasteiger partial charge on any atom is -0.302 e. The molecular weight excluding hydrogens is 284 g/mol. The maximum atomic E-state index is 12.3. The Morgan fingerprint density at radius 2 is 1.52 bits per heavy atom. The number of nitrogens with zero attached hydrogens (tertiary/aromatic N) is 2. The van der Waals surface area contributed by atoms with E-state index in [2.05, 4.69) is 0 Å². The van der Waals surface area contributed by atoms with Crippen LogP contribution in [0.15, 0.2) is 71.8 Å². The zero-order valence-electron chi connectivity index (χ0n) is 11.6. The van der Waals surface area contributed by atoms with Gasteiger partial charge in [0.1, 0.15) is 0 Å². The molecule has 3 rings (SSSR count). The molecule has 0 saturated carbocycles. The van der Waals surface area contributed by atoms with E-state index in [1.165, 1.54) is 0 Å². The Kier molecular flexibility index (Phi) is 3.67.